The first-order valence-corrected chi connectivity index (χ1v) is 13.9. The fourth-order valence-electron chi connectivity index (χ4n) is 5.67. The minimum atomic E-state index is -2.75. The summed E-state index contributed by atoms with van der Waals surface area (Å²) in [6.07, 6.45) is 6.37. The molecule has 224 valence electrons. The van der Waals surface area contributed by atoms with Crippen molar-refractivity contribution in [1.29, 1.82) is 0 Å². The summed E-state index contributed by atoms with van der Waals surface area (Å²) in [6, 6.07) is -1.79. The van der Waals surface area contributed by atoms with Crippen LogP contribution >= 0.6 is 0 Å². The van der Waals surface area contributed by atoms with Crippen LogP contribution < -0.4 is 33.6 Å². The van der Waals surface area contributed by atoms with Crippen molar-refractivity contribution in [3.8, 4) is 0 Å². The van der Waals surface area contributed by atoms with Gasteiger partial charge in [0.2, 0.25) is 0 Å². The molecule has 14 N–H and O–H groups in total. The van der Waals surface area contributed by atoms with Gasteiger partial charge in [-0.2, -0.15) is 0 Å². The highest BCUT2D eigenvalue weighted by Gasteiger charge is 2.64. The Morgan fingerprint density at radius 3 is 2.10 bits per heavy atom. The predicted molar refractivity (Wildman–Crippen MR) is 146 cm³/mol. The van der Waals surface area contributed by atoms with Gasteiger partial charge < -0.3 is 37.8 Å². The molecule has 0 amide bonds. The molecule has 5 atom stereocenters. The lowest BCUT2D eigenvalue weighted by Crippen LogP contribution is -2.67. The van der Waals surface area contributed by atoms with Crippen LogP contribution in [0, 0.1) is 11.3 Å². The van der Waals surface area contributed by atoms with Gasteiger partial charge in [-0.25, -0.2) is 0 Å². The number of aliphatic hydroxyl groups is 1. The second-order valence-electron chi connectivity index (χ2n) is 10.6. The maximum Gasteiger partial charge on any atom is 0.323 e. The molecule has 39 heavy (non-hydrogen) atoms. The summed E-state index contributed by atoms with van der Waals surface area (Å²) in [4.78, 5) is 30.5. The highest BCUT2D eigenvalue weighted by atomic mass is 16.5. The Balaban J connectivity index is 2.63. The standard InChI is InChI=1S/C25H48N8O6/c26-11-3-1-8-19(24(29,38)16-32-21-10-6-14-31-21)25(22(34)35,23(36)37)20(9-2-4-12-27)33(39)15-17(28)18-7-5-13-30-18/h15-16,18-21,30-31,38-39H,1-14,26-29H2,(H,34,35)(H,36,37)/b17-15-,32-16+. The van der Waals surface area contributed by atoms with Crippen molar-refractivity contribution in [2.24, 2.45) is 39.3 Å². The molecule has 2 fully saturated rings. The Labute approximate surface area is 229 Å². The van der Waals surface area contributed by atoms with E-state index in [0.29, 0.717) is 43.6 Å². The lowest BCUT2D eigenvalue weighted by molar-refractivity contribution is -0.202. The second-order valence-corrected chi connectivity index (χ2v) is 10.6. The Hall–Kier alpha value is -2.33. The summed E-state index contributed by atoms with van der Waals surface area (Å²) >= 11 is 0. The van der Waals surface area contributed by atoms with Gasteiger partial charge in [0.25, 0.3) is 0 Å². The molecule has 0 radical (unpaired) electrons. The van der Waals surface area contributed by atoms with Gasteiger partial charge in [-0.3, -0.25) is 35.9 Å². The van der Waals surface area contributed by atoms with Crippen LogP contribution in [0.25, 0.3) is 0 Å². The Morgan fingerprint density at radius 1 is 1.00 bits per heavy atom. The highest BCUT2D eigenvalue weighted by Crippen LogP contribution is 2.44. The lowest BCUT2D eigenvalue weighted by Gasteiger charge is -2.46. The number of nitrogens with one attached hydrogen (secondary N) is 2. The first-order valence-electron chi connectivity index (χ1n) is 13.9. The van der Waals surface area contributed by atoms with Crippen molar-refractivity contribution in [3.05, 3.63) is 11.9 Å². The van der Waals surface area contributed by atoms with Gasteiger partial charge in [-0.1, -0.05) is 6.42 Å². The highest BCUT2D eigenvalue weighted by molar-refractivity contribution is 6.00. The zero-order valence-electron chi connectivity index (χ0n) is 22.7. The van der Waals surface area contributed by atoms with E-state index in [9.17, 15) is 30.1 Å². The smallest absolute Gasteiger partial charge is 0.323 e. The number of carboxylic acid groups (broad SMARTS) is 2. The lowest BCUT2D eigenvalue weighted by atomic mass is 9.62. The molecule has 2 saturated heterocycles. The number of carboxylic acids is 2. The van der Waals surface area contributed by atoms with Crippen molar-refractivity contribution in [2.75, 3.05) is 26.2 Å². The SMILES string of the molecule is NCCCCC(N(O)/C=C(\N)C1CCCN1)C(C(=O)O)(C(=O)O)C(CCCCN)C(N)(O)/C=N/C1CCCN1. The van der Waals surface area contributed by atoms with Gasteiger partial charge in [-0.15, -0.1) is 0 Å². The number of aliphatic carboxylic acids is 2. The molecule has 0 aromatic heterocycles. The number of hydrogen-bond donors (Lipinski definition) is 10. The quantitative estimate of drug-likeness (QED) is 0.0321. The van der Waals surface area contributed by atoms with E-state index in [1.165, 1.54) is 6.20 Å². The largest absolute Gasteiger partial charge is 0.480 e. The fourth-order valence-corrected chi connectivity index (χ4v) is 5.67. The number of hydroxylamine groups is 2. The molecule has 2 aliphatic heterocycles. The maximum atomic E-state index is 13.1. The third-order valence-electron chi connectivity index (χ3n) is 7.78. The summed E-state index contributed by atoms with van der Waals surface area (Å²) in [5.74, 6) is -5.08. The van der Waals surface area contributed by atoms with Crippen LogP contribution in [0.5, 0.6) is 0 Å². The van der Waals surface area contributed by atoms with E-state index < -0.39 is 35.0 Å². The second kappa shape index (κ2) is 15.5. The minimum Gasteiger partial charge on any atom is -0.480 e. The van der Waals surface area contributed by atoms with Crippen molar-refractivity contribution in [2.45, 2.75) is 88.2 Å². The third kappa shape index (κ3) is 8.33. The molecule has 2 heterocycles. The third-order valence-corrected chi connectivity index (χ3v) is 7.78. The summed E-state index contributed by atoms with van der Waals surface area (Å²) in [5.41, 5.74) is 18.9. The van der Waals surface area contributed by atoms with Crippen molar-refractivity contribution in [1.82, 2.24) is 15.7 Å². The van der Waals surface area contributed by atoms with Crippen LogP contribution in [0.15, 0.2) is 16.9 Å². The topological polar surface area (TPSA) is 259 Å². The zero-order chi connectivity index (χ0) is 29.1. The van der Waals surface area contributed by atoms with E-state index >= 15 is 0 Å². The molecule has 0 aromatic carbocycles. The predicted octanol–water partition coefficient (Wildman–Crippen LogP) is -0.944. The van der Waals surface area contributed by atoms with E-state index in [0.717, 1.165) is 32.1 Å². The van der Waals surface area contributed by atoms with Gasteiger partial charge in [-0.05, 0) is 84.0 Å². The van der Waals surface area contributed by atoms with E-state index in [1.54, 1.807) is 0 Å². The number of unbranched alkanes of at least 4 members (excludes halogenated alkanes) is 2. The molecule has 2 rings (SSSR count). The minimum absolute atomic E-state index is 0.0705. The Morgan fingerprint density at radius 2 is 1.59 bits per heavy atom. The molecular weight excluding hydrogens is 508 g/mol. The van der Waals surface area contributed by atoms with Crippen LogP contribution in [0.1, 0.15) is 64.2 Å². The Bertz CT molecular complexity index is 828. The molecule has 0 aromatic rings. The van der Waals surface area contributed by atoms with Crippen LogP contribution in [0.2, 0.25) is 0 Å². The first-order chi connectivity index (χ1) is 18.5. The molecular formula is C25H48N8O6. The molecule has 0 spiro atoms. The Kier molecular flexibility index (Phi) is 13.0. The van der Waals surface area contributed by atoms with Crippen molar-refractivity contribution >= 4 is 18.2 Å². The van der Waals surface area contributed by atoms with Gasteiger partial charge in [0.15, 0.2) is 11.1 Å². The van der Waals surface area contributed by atoms with E-state index in [2.05, 4.69) is 15.6 Å². The number of aliphatic imine (C=N–C) groups is 1. The van der Waals surface area contributed by atoms with Crippen LogP contribution in [0.4, 0.5) is 0 Å². The first kappa shape index (κ1) is 32.9. The summed E-state index contributed by atoms with van der Waals surface area (Å²) in [7, 11) is 0. The summed E-state index contributed by atoms with van der Waals surface area (Å²) in [6.45, 7) is 2.03. The average molecular weight is 557 g/mol. The molecule has 2 aliphatic rings. The molecule has 0 bridgehead atoms. The summed E-state index contributed by atoms with van der Waals surface area (Å²) in [5, 5.41) is 50.9. The van der Waals surface area contributed by atoms with E-state index in [4.69, 9.17) is 22.9 Å². The maximum absolute atomic E-state index is 13.1. The van der Waals surface area contributed by atoms with Crippen LogP contribution in [0.3, 0.4) is 0 Å². The summed E-state index contributed by atoms with van der Waals surface area (Å²) < 4.78 is 0. The fraction of sp³-hybridized carbons (Fsp3) is 0.800. The van der Waals surface area contributed by atoms with Crippen LogP contribution in [-0.2, 0) is 9.59 Å². The van der Waals surface area contributed by atoms with Crippen molar-refractivity contribution < 1.29 is 30.1 Å². The van der Waals surface area contributed by atoms with Crippen molar-refractivity contribution in [3.63, 3.8) is 0 Å². The van der Waals surface area contributed by atoms with Gasteiger partial charge in [0, 0.05) is 30.1 Å². The zero-order valence-corrected chi connectivity index (χ0v) is 22.7. The average Bonchev–Trinajstić information content (AvgIpc) is 3.60. The number of rotatable bonds is 18. The van der Waals surface area contributed by atoms with E-state index in [1.807, 2.05) is 0 Å². The molecule has 0 saturated carbocycles. The molecule has 5 unspecified atom stereocenters. The van der Waals surface area contributed by atoms with Gasteiger partial charge in [0.05, 0.1) is 12.2 Å². The number of hydrogen-bond acceptors (Lipinski definition) is 12. The monoisotopic (exact) mass is 556 g/mol. The number of nitrogens with zero attached hydrogens (tertiary/aromatic N) is 2. The molecule has 14 nitrogen and oxygen atoms in total. The van der Waals surface area contributed by atoms with Gasteiger partial charge in [0.1, 0.15) is 0 Å². The van der Waals surface area contributed by atoms with E-state index in [-0.39, 0.29) is 43.8 Å². The molecule has 0 aliphatic carbocycles. The normalized spacial score (nSPS) is 23.6. The number of nitrogens with two attached hydrogens (primary N) is 4. The van der Waals surface area contributed by atoms with Gasteiger partial charge >= 0.3 is 11.9 Å². The van der Waals surface area contributed by atoms with Crippen LogP contribution in [-0.4, -0.2) is 93.9 Å². The molecule has 14 heteroatoms. The number of carbonyl (C=O) groups is 2.